The highest BCUT2D eigenvalue weighted by atomic mass is 127. The molecule has 22 heavy (non-hydrogen) atoms. The highest BCUT2D eigenvalue weighted by molar-refractivity contribution is 14.1. The predicted molar refractivity (Wildman–Crippen MR) is 86.4 cm³/mol. The Morgan fingerprint density at radius 3 is 2.68 bits per heavy atom. The average molecular weight is 418 g/mol. The minimum atomic E-state index is -0.784. The molecule has 0 spiro atoms. The van der Waals surface area contributed by atoms with E-state index < -0.39 is 24.0 Å². The molecule has 1 saturated heterocycles. The van der Waals surface area contributed by atoms with Gasteiger partial charge in [-0.15, -0.1) is 0 Å². The molecule has 118 valence electrons. The Labute approximate surface area is 140 Å². The number of rotatable bonds is 3. The smallest absolute Gasteiger partial charge is 0.319 e. The van der Waals surface area contributed by atoms with Crippen molar-refractivity contribution in [1.29, 1.82) is 0 Å². The zero-order valence-corrected chi connectivity index (χ0v) is 14.1. The number of amides is 2. The Balaban J connectivity index is 2.51. The Hall–Kier alpha value is -1.97. The van der Waals surface area contributed by atoms with Crippen molar-refractivity contribution in [3.63, 3.8) is 0 Å². The number of carbonyl (C=O) groups excluding carboxylic acids is 2. The quantitative estimate of drug-likeness (QED) is 0.513. The van der Waals surface area contributed by atoms with Gasteiger partial charge in [-0.3, -0.25) is 4.79 Å². The van der Waals surface area contributed by atoms with Crippen LogP contribution in [0.1, 0.15) is 11.6 Å². The summed E-state index contributed by atoms with van der Waals surface area (Å²) in [6, 6.07) is 2.10. The summed E-state index contributed by atoms with van der Waals surface area (Å²) in [4.78, 5) is 23.7. The molecule has 2 unspecified atom stereocenters. The van der Waals surface area contributed by atoms with Crippen molar-refractivity contribution in [2.45, 2.75) is 6.04 Å². The van der Waals surface area contributed by atoms with Gasteiger partial charge in [-0.1, -0.05) is 6.58 Å². The second-order valence-corrected chi connectivity index (χ2v) is 5.82. The van der Waals surface area contributed by atoms with Gasteiger partial charge in [-0.25, -0.2) is 4.79 Å². The molecular formula is C14H15IN2O5. The topological polar surface area (TPSA) is 96.9 Å². The number of esters is 1. The summed E-state index contributed by atoms with van der Waals surface area (Å²) in [7, 11) is 2.69. The summed E-state index contributed by atoms with van der Waals surface area (Å²) in [6.45, 7) is 3.72. The number of methoxy groups -OCH3 is 2. The lowest BCUT2D eigenvalue weighted by Gasteiger charge is -2.33. The first-order valence-corrected chi connectivity index (χ1v) is 7.37. The molecular weight excluding hydrogens is 403 g/mol. The maximum atomic E-state index is 12.0. The van der Waals surface area contributed by atoms with E-state index in [1.54, 1.807) is 12.1 Å². The minimum absolute atomic E-state index is 0.000514. The first kappa shape index (κ1) is 16.4. The van der Waals surface area contributed by atoms with Crippen LogP contribution in [0.3, 0.4) is 0 Å². The maximum absolute atomic E-state index is 12.0. The number of aromatic hydroxyl groups is 1. The fourth-order valence-corrected chi connectivity index (χ4v) is 2.92. The largest absolute Gasteiger partial charge is 0.504 e. The molecule has 0 radical (unpaired) electrons. The Bertz CT molecular complexity index is 646. The molecule has 0 bridgehead atoms. The predicted octanol–water partition coefficient (Wildman–Crippen LogP) is 1.66. The molecule has 0 aliphatic carbocycles. The Morgan fingerprint density at radius 1 is 1.41 bits per heavy atom. The van der Waals surface area contributed by atoms with E-state index in [0.29, 0.717) is 9.13 Å². The van der Waals surface area contributed by atoms with Crippen LogP contribution >= 0.6 is 22.6 Å². The second-order valence-electron chi connectivity index (χ2n) is 4.66. The molecule has 1 aromatic carbocycles. The van der Waals surface area contributed by atoms with Crippen molar-refractivity contribution in [2.24, 2.45) is 5.92 Å². The van der Waals surface area contributed by atoms with Gasteiger partial charge in [0.1, 0.15) is 5.92 Å². The van der Waals surface area contributed by atoms with Gasteiger partial charge >= 0.3 is 12.0 Å². The second kappa shape index (κ2) is 6.42. The summed E-state index contributed by atoms with van der Waals surface area (Å²) >= 11 is 1.94. The summed E-state index contributed by atoms with van der Waals surface area (Å²) in [5.74, 6) is -1.05. The number of benzene rings is 1. The molecule has 1 heterocycles. The number of hydrogen-bond acceptors (Lipinski definition) is 5. The van der Waals surface area contributed by atoms with Crippen LogP contribution in [-0.2, 0) is 9.53 Å². The third kappa shape index (κ3) is 2.96. The molecule has 1 aromatic rings. The van der Waals surface area contributed by atoms with Crippen molar-refractivity contribution >= 4 is 34.6 Å². The number of hydrogen-bond donors (Lipinski definition) is 3. The maximum Gasteiger partial charge on any atom is 0.319 e. The molecule has 0 saturated carbocycles. The van der Waals surface area contributed by atoms with Crippen LogP contribution in [0.4, 0.5) is 4.79 Å². The van der Waals surface area contributed by atoms with Crippen LogP contribution in [0, 0.1) is 9.49 Å². The van der Waals surface area contributed by atoms with Gasteiger partial charge in [0.2, 0.25) is 0 Å². The third-order valence-electron chi connectivity index (χ3n) is 3.35. The third-order valence-corrected chi connectivity index (χ3v) is 4.18. The number of phenols is 1. The molecule has 1 aliphatic rings. The number of nitrogens with one attached hydrogen (secondary N) is 2. The van der Waals surface area contributed by atoms with Gasteiger partial charge in [0.15, 0.2) is 11.5 Å². The zero-order valence-electron chi connectivity index (χ0n) is 12.0. The summed E-state index contributed by atoms with van der Waals surface area (Å²) in [5, 5.41) is 15.0. The highest BCUT2D eigenvalue weighted by Crippen LogP contribution is 2.38. The molecule has 7 nitrogen and oxygen atoms in total. The van der Waals surface area contributed by atoms with Gasteiger partial charge in [-0.05, 0) is 40.3 Å². The molecule has 2 rings (SSSR count). The SMILES string of the molecule is C=C1NC(=O)NC(c2cc(I)c(O)c(OC)c2)C1C(=O)OC. The van der Waals surface area contributed by atoms with Gasteiger partial charge in [0.25, 0.3) is 0 Å². The lowest BCUT2D eigenvalue weighted by molar-refractivity contribution is -0.145. The Kier molecular flexibility index (Phi) is 4.79. The zero-order chi connectivity index (χ0) is 16.4. The first-order valence-electron chi connectivity index (χ1n) is 6.29. The van der Waals surface area contributed by atoms with Crippen molar-refractivity contribution in [3.8, 4) is 11.5 Å². The first-order chi connectivity index (χ1) is 10.4. The fraction of sp³-hybridized carbons (Fsp3) is 0.286. The van der Waals surface area contributed by atoms with E-state index in [2.05, 4.69) is 17.2 Å². The Morgan fingerprint density at radius 2 is 2.09 bits per heavy atom. The lowest BCUT2D eigenvalue weighted by atomic mass is 9.89. The van der Waals surface area contributed by atoms with Crippen molar-refractivity contribution in [3.05, 3.63) is 33.5 Å². The molecule has 0 aromatic heterocycles. The number of phenolic OH excluding ortho intramolecular Hbond substituents is 1. The molecule has 1 aliphatic heterocycles. The van der Waals surface area contributed by atoms with Crippen molar-refractivity contribution in [1.82, 2.24) is 10.6 Å². The number of carbonyl (C=O) groups is 2. The van der Waals surface area contributed by atoms with E-state index in [4.69, 9.17) is 9.47 Å². The molecule has 1 fully saturated rings. The fourth-order valence-electron chi connectivity index (χ4n) is 2.30. The van der Waals surface area contributed by atoms with Crippen molar-refractivity contribution in [2.75, 3.05) is 14.2 Å². The van der Waals surface area contributed by atoms with E-state index in [1.807, 2.05) is 22.6 Å². The monoisotopic (exact) mass is 418 g/mol. The van der Waals surface area contributed by atoms with Crippen LogP contribution < -0.4 is 15.4 Å². The summed E-state index contributed by atoms with van der Waals surface area (Å²) in [5.41, 5.74) is 0.855. The van der Waals surface area contributed by atoms with Crippen molar-refractivity contribution < 1.29 is 24.2 Å². The number of ether oxygens (including phenoxy) is 2. The van der Waals surface area contributed by atoms with Gasteiger partial charge in [-0.2, -0.15) is 0 Å². The van der Waals surface area contributed by atoms with Crippen LogP contribution in [0.25, 0.3) is 0 Å². The average Bonchev–Trinajstić information content (AvgIpc) is 2.48. The molecule has 2 atom stereocenters. The van der Waals surface area contributed by atoms with Crippen LogP contribution in [-0.4, -0.2) is 31.3 Å². The summed E-state index contributed by atoms with van der Waals surface area (Å²) < 4.78 is 10.4. The molecule has 2 amide bonds. The van der Waals surface area contributed by atoms with Gasteiger partial charge < -0.3 is 25.2 Å². The molecule has 8 heteroatoms. The summed E-state index contributed by atoms with van der Waals surface area (Å²) in [6.07, 6.45) is 0. The van der Waals surface area contributed by atoms with Gasteiger partial charge in [0, 0.05) is 5.70 Å². The minimum Gasteiger partial charge on any atom is -0.504 e. The van der Waals surface area contributed by atoms with E-state index in [1.165, 1.54) is 14.2 Å². The van der Waals surface area contributed by atoms with E-state index >= 15 is 0 Å². The van der Waals surface area contributed by atoms with Crippen LogP contribution in [0.2, 0.25) is 0 Å². The van der Waals surface area contributed by atoms with E-state index in [9.17, 15) is 14.7 Å². The standard InChI is InChI=1S/C14H15IN2O5/c1-6-10(13(19)22-3)11(17-14(20)16-6)7-4-8(15)12(18)9(5-7)21-2/h4-5,10-11,18H,1H2,2-3H3,(H2,16,17,20). The molecule has 3 N–H and O–H groups in total. The van der Waals surface area contributed by atoms with Crippen LogP contribution in [0.15, 0.2) is 24.4 Å². The van der Waals surface area contributed by atoms with E-state index in [0.717, 1.165) is 0 Å². The normalized spacial score (nSPS) is 20.9. The highest BCUT2D eigenvalue weighted by Gasteiger charge is 2.39. The lowest BCUT2D eigenvalue weighted by Crippen LogP contribution is -2.51. The number of halogens is 1. The number of urea groups is 1. The van der Waals surface area contributed by atoms with Crippen LogP contribution in [0.5, 0.6) is 11.5 Å². The van der Waals surface area contributed by atoms with E-state index in [-0.39, 0.29) is 17.2 Å². The van der Waals surface area contributed by atoms with Gasteiger partial charge in [0.05, 0.1) is 23.8 Å².